The highest BCUT2D eigenvalue weighted by Gasteiger charge is 2.22. The topological polar surface area (TPSA) is 83.8 Å². The Hall–Kier alpha value is -3.39. The Morgan fingerprint density at radius 2 is 1.64 bits per heavy atom. The number of hydrogen-bond donors (Lipinski definition) is 1. The highest BCUT2D eigenvalue weighted by atomic mass is 32.2. The number of aryl methyl sites for hydroxylation is 4. The van der Waals surface area contributed by atoms with Gasteiger partial charge in [0.25, 0.3) is 5.91 Å². The maximum absolute atomic E-state index is 12.5. The monoisotopic (exact) mass is 466 g/mol. The first-order valence-electron chi connectivity index (χ1n) is 10.6. The third-order valence-corrected chi connectivity index (χ3v) is 6.59. The Balaban J connectivity index is 1.75. The molecular weight excluding hydrogens is 436 g/mol. The van der Waals surface area contributed by atoms with E-state index in [1.165, 1.54) is 5.56 Å². The van der Waals surface area contributed by atoms with Crippen LogP contribution in [0.1, 0.15) is 33.6 Å². The molecule has 0 bridgehead atoms. The fourth-order valence-electron chi connectivity index (χ4n) is 3.82. The van der Waals surface area contributed by atoms with E-state index in [4.69, 9.17) is 0 Å². The number of carbonyl (C=O) groups is 1. The molecule has 0 saturated heterocycles. The molecule has 1 N–H and O–H groups in total. The number of nitrogens with zero attached hydrogens (tertiary/aromatic N) is 3. The van der Waals surface area contributed by atoms with Crippen LogP contribution in [-0.2, 0) is 14.8 Å². The Kier molecular flexibility index (Phi) is 7.07. The van der Waals surface area contributed by atoms with Gasteiger partial charge in [0.1, 0.15) is 6.54 Å². The van der Waals surface area contributed by atoms with Gasteiger partial charge in [0, 0.05) is 22.6 Å². The number of hydrazone groups is 1. The summed E-state index contributed by atoms with van der Waals surface area (Å²) in [5, 5.41) is 4.07. The molecule has 174 valence electrons. The summed E-state index contributed by atoms with van der Waals surface area (Å²) in [4.78, 5) is 12.5. The number of aromatic nitrogens is 1. The summed E-state index contributed by atoms with van der Waals surface area (Å²) < 4.78 is 27.9. The second-order valence-electron chi connectivity index (χ2n) is 8.35. The van der Waals surface area contributed by atoms with Crippen LogP contribution in [0.15, 0.2) is 53.6 Å². The number of hydrogen-bond acceptors (Lipinski definition) is 4. The van der Waals surface area contributed by atoms with Crippen molar-refractivity contribution in [2.45, 2.75) is 34.6 Å². The van der Waals surface area contributed by atoms with Gasteiger partial charge in [-0.3, -0.25) is 9.10 Å². The first-order chi connectivity index (χ1) is 15.5. The molecule has 0 saturated carbocycles. The van der Waals surface area contributed by atoms with Crippen molar-refractivity contribution in [2.75, 3.05) is 17.1 Å². The molecule has 7 nitrogen and oxygen atoms in total. The van der Waals surface area contributed by atoms with Gasteiger partial charge in [0.05, 0.1) is 18.2 Å². The molecule has 0 fully saturated rings. The summed E-state index contributed by atoms with van der Waals surface area (Å²) in [5.74, 6) is -0.524. The van der Waals surface area contributed by atoms with Gasteiger partial charge in [-0.25, -0.2) is 13.8 Å². The molecule has 0 radical (unpaired) electrons. The molecule has 0 spiro atoms. The molecule has 1 heterocycles. The number of nitrogens with one attached hydrogen (secondary N) is 1. The molecule has 0 aliphatic carbocycles. The molecule has 0 atom stereocenters. The van der Waals surface area contributed by atoms with Gasteiger partial charge in [-0.15, -0.1) is 0 Å². The minimum atomic E-state index is -3.65. The lowest BCUT2D eigenvalue weighted by molar-refractivity contribution is -0.119. The van der Waals surface area contributed by atoms with E-state index in [-0.39, 0.29) is 6.54 Å². The summed E-state index contributed by atoms with van der Waals surface area (Å²) in [6.07, 6.45) is 2.66. The van der Waals surface area contributed by atoms with Crippen LogP contribution in [0.2, 0.25) is 0 Å². The molecule has 0 unspecified atom stereocenters. The van der Waals surface area contributed by atoms with Gasteiger partial charge in [-0.05, 0) is 64.4 Å². The zero-order chi connectivity index (χ0) is 24.3. The van der Waals surface area contributed by atoms with E-state index in [2.05, 4.69) is 39.4 Å². The van der Waals surface area contributed by atoms with Gasteiger partial charge in [0.2, 0.25) is 10.0 Å². The summed E-state index contributed by atoms with van der Waals surface area (Å²) in [6, 6.07) is 15.6. The predicted molar refractivity (Wildman–Crippen MR) is 134 cm³/mol. The quantitative estimate of drug-likeness (QED) is 0.423. The van der Waals surface area contributed by atoms with Crippen LogP contribution < -0.4 is 9.73 Å². The maximum Gasteiger partial charge on any atom is 0.260 e. The Morgan fingerprint density at radius 3 is 2.24 bits per heavy atom. The molecule has 0 aliphatic heterocycles. The van der Waals surface area contributed by atoms with Crippen LogP contribution in [0.3, 0.4) is 0 Å². The van der Waals surface area contributed by atoms with Gasteiger partial charge in [0.15, 0.2) is 0 Å². The highest BCUT2D eigenvalue weighted by Crippen LogP contribution is 2.23. The van der Waals surface area contributed by atoms with Crippen molar-refractivity contribution >= 4 is 27.8 Å². The van der Waals surface area contributed by atoms with Gasteiger partial charge < -0.3 is 4.57 Å². The fourth-order valence-corrected chi connectivity index (χ4v) is 4.73. The van der Waals surface area contributed by atoms with E-state index in [0.717, 1.165) is 44.3 Å². The van der Waals surface area contributed by atoms with E-state index in [1.807, 2.05) is 52.8 Å². The predicted octanol–water partition coefficient (Wildman–Crippen LogP) is 3.94. The smallest absolute Gasteiger partial charge is 0.260 e. The third kappa shape index (κ3) is 5.70. The van der Waals surface area contributed by atoms with Crippen LogP contribution in [0.4, 0.5) is 5.69 Å². The second kappa shape index (κ2) is 9.62. The van der Waals surface area contributed by atoms with Crippen LogP contribution >= 0.6 is 0 Å². The summed E-state index contributed by atoms with van der Waals surface area (Å²) in [5.41, 5.74) is 9.86. The average molecular weight is 467 g/mol. The maximum atomic E-state index is 12.5. The molecule has 1 amide bonds. The molecule has 0 aliphatic rings. The van der Waals surface area contributed by atoms with E-state index in [1.54, 1.807) is 12.3 Å². The highest BCUT2D eigenvalue weighted by molar-refractivity contribution is 7.92. The van der Waals surface area contributed by atoms with E-state index >= 15 is 0 Å². The minimum absolute atomic E-state index is 0.359. The number of carbonyl (C=O) groups excluding carboxylic acids is 1. The molecular formula is C25H30N4O3S. The van der Waals surface area contributed by atoms with Gasteiger partial charge >= 0.3 is 0 Å². The summed E-state index contributed by atoms with van der Waals surface area (Å²) >= 11 is 0. The molecule has 3 rings (SSSR count). The van der Waals surface area contributed by atoms with E-state index in [9.17, 15) is 13.2 Å². The Morgan fingerprint density at radius 1 is 1.00 bits per heavy atom. The van der Waals surface area contributed by atoms with Crippen molar-refractivity contribution in [3.8, 4) is 5.69 Å². The van der Waals surface area contributed by atoms with Crippen LogP contribution in [0.5, 0.6) is 0 Å². The normalized spacial score (nSPS) is 11.7. The average Bonchev–Trinajstić information content (AvgIpc) is 3.00. The van der Waals surface area contributed by atoms with Crippen molar-refractivity contribution in [1.82, 2.24) is 9.99 Å². The number of anilines is 1. The van der Waals surface area contributed by atoms with Crippen molar-refractivity contribution in [3.63, 3.8) is 0 Å². The first-order valence-corrected chi connectivity index (χ1v) is 12.4. The molecule has 8 heteroatoms. The van der Waals surface area contributed by atoms with Crippen molar-refractivity contribution in [1.29, 1.82) is 0 Å². The Bertz CT molecular complexity index is 1310. The SMILES string of the molecule is Cc1ccc(-n2c(C)cc(C=NNC(=O)CN(c3ccc(C)cc3C)S(C)(=O)=O)c2C)cc1. The summed E-state index contributed by atoms with van der Waals surface area (Å²) in [7, 11) is -3.65. The number of amides is 1. The van der Waals surface area contributed by atoms with Crippen molar-refractivity contribution in [3.05, 3.63) is 82.2 Å². The van der Waals surface area contributed by atoms with Crippen LogP contribution in [0, 0.1) is 34.6 Å². The zero-order valence-electron chi connectivity index (χ0n) is 19.9. The number of sulfonamides is 1. The molecule has 2 aromatic carbocycles. The third-order valence-electron chi connectivity index (χ3n) is 5.46. The molecule has 1 aromatic heterocycles. The zero-order valence-corrected chi connectivity index (χ0v) is 20.7. The lowest BCUT2D eigenvalue weighted by atomic mass is 10.1. The fraction of sp³-hybridized carbons (Fsp3) is 0.280. The lowest BCUT2D eigenvalue weighted by Gasteiger charge is -2.23. The first kappa shape index (κ1) is 24.3. The van der Waals surface area contributed by atoms with Crippen LogP contribution in [-0.4, -0.2) is 37.9 Å². The number of benzene rings is 2. The van der Waals surface area contributed by atoms with Crippen molar-refractivity contribution < 1.29 is 13.2 Å². The number of rotatable bonds is 7. The Labute approximate surface area is 195 Å². The largest absolute Gasteiger partial charge is 0.318 e. The van der Waals surface area contributed by atoms with Gasteiger partial charge in [-0.2, -0.15) is 5.10 Å². The summed E-state index contributed by atoms with van der Waals surface area (Å²) in [6.45, 7) is 9.44. The molecule has 3 aromatic rings. The molecule has 33 heavy (non-hydrogen) atoms. The van der Waals surface area contributed by atoms with Crippen LogP contribution in [0.25, 0.3) is 5.69 Å². The second-order valence-corrected chi connectivity index (χ2v) is 10.3. The van der Waals surface area contributed by atoms with Crippen molar-refractivity contribution in [2.24, 2.45) is 5.10 Å². The van der Waals surface area contributed by atoms with Gasteiger partial charge in [-0.1, -0.05) is 35.4 Å². The lowest BCUT2D eigenvalue weighted by Crippen LogP contribution is -2.39. The minimum Gasteiger partial charge on any atom is -0.318 e. The van der Waals surface area contributed by atoms with E-state index in [0.29, 0.717) is 5.69 Å². The van der Waals surface area contributed by atoms with E-state index < -0.39 is 15.9 Å². The standard InChI is InChI=1S/C25H30N4O3S/c1-17-7-10-23(11-8-17)29-20(4)14-22(21(29)5)15-26-27-25(30)16-28(33(6,31)32)24-12-9-18(2)13-19(24)3/h7-15H,16H2,1-6H3,(H,27,30).